The van der Waals surface area contributed by atoms with Gasteiger partial charge in [-0.05, 0) is 50.2 Å². The number of fused-ring (bicyclic) bond motifs is 1. The number of likely N-dealkylation sites (N-methyl/N-ethyl adjacent to an activating group) is 1. The third-order valence-electron chi connectivity index (χ3n) is 5.26. The number of rotatable bonds is 8. The second kappa shape index (κ2) is 10.3. The second-order valence-corrected chi connectivity index (χ2v) is 8.09. The first-order valence-corrected chi connectivity index (χ1v) is 11.0. The van der Waals surface area contributed by atoms with Crippen LogP contribution in [0.25, 0.3) is 10.9 Å². The van der Waals surface area contributed by atoms with Crippen molar-refractivity contribution in [2.75, 3.05) is 26.5 Å². The minimum atomic E-state index is -0.670. The molecule has 2 aromatic heterocycles. The molecule has 0 fully saturated rings. The number of hydrogen-bond acceptors (Lipinski definition) is 8. The molecule has 2 aromatic carbocycles. The zero-order valence-corrected chi connectivity index (χ0v) is 20.3. The van der Waals surface area contributed by atoms with Gasteiger partial charge in [-0.3, -0.25) is 9.78 Å². The smallest absolute Gasteiger partial charge is 0.262 e. The molecule has 4 rings (SSSR count). The molecular weight excluding hydrogens is 446 g/mol. The van der Waals surface area contributed by atoms with Gasteiger partial charge in [0.05, 0.1) is 24.2 Å². The molecule has 1 atom stereocenters. The van der Waals surface area contributed by atoms with Crippen molar-refractivity contribution in [2.45, 2.75) is 20.0 Å². The van der Waals surface area contributed by atoms with Crippen molar-refractivity contribution >= 4 is 28.3 Å². The first-order chi connectivity index (χ1) is 16.9. The minimum Gasteiger partial charge on any atom is -0.493 e. The van der Waals surface area contributed by atoms with Crippen LogP contribution in [0.3, 0.4) is 0 Å². The Balaban J connectivity index is 1.64. The van der Waals surface area contributed by atoms with E-state index in [2.05, 4.69) is 20.3 Å². The first-order valence-electron chi connectivity index (χ1n) is 11.0. The highest BCUT2D eigenvalue weighted by Gasteiger charge is 2.19. The van der Waals surface area contributed by atoms with Crippen LogP contribution in [-0.2, 0) is 4.79 Å². The second-order valence-electron chi connectivity index (χ2n) is 8.09. The van der Waals surface area contributed by atoms with Gasteiger partial charge in [0.15, 0.2) is 17.6 Å². The zero-order chi connectivity index (χ0) is 24.9. The van der Waals surface area contributed by atoms with E-state index in [0.29, 0.717) is 39.7 Å². The average molecular weight is 474 g/mol. The van der Waals surface area contributed by atoms with E-state index in [4.69, 9.17) is 14.2 Å². The number of anilines is 2. The summed E-state index contributed by atoms with van der Waals surface area (Å²) >= 11 is 0. The monoisotopic (exact) mass is 473 g/mol. The van der Waals surface area contributed by atoms with E-state index >= 15 is 0 Å². The number of carbonyl (C=O) groups is 1. The predicted octanol–water partition coefficient (Wildman–Crippen LogP) is 4.73. The topological polar surface area (TPSA) is 98.7 Å². The third kappa shape index (κ3) is 5.40. The average Bonchev–Trinajstić information content (AvgIpc) is 2.85. The van der Waals surface area contributed by atoms with Crippen molar-refractivity contribution < 1.29 is 19.0 Å². The van der Waals surface area contributed by atoms with Crippen LogP contribution >= 0.6 is 0 Å². The lowest BCUT2D eigenvalue weighted by molar-refractivity contribution is -0.135. The zero-order valence-electron chi connectivity index (χ0n) is 20.3. The number of aromatic nitrogens is 3. The van der Waals surface area contributed by atoms with Gasteiger partial charge in [-0.25, -0.2) is 9.97 Å². The molecule has 0 spiro atoms. The number of pyridine rings is 1. The Kier molecular flexibility index (Phi) is 6.96. The Morgan fingerprint density at radius 1 is 1.00 bits per heavy atom. The maximum absolute atomic E-state index is 12.3. The molecule has 2 heterocycles. The molecule has 0 bridgehead atoms. The number of hydrogen-bond donors (Lipinski definition) is 1. The number of nitrogens with zero attached hydrogens (tertiary/aromatic N) is 4. The summed E-state index contributed by atoms with van der Waals surface area (Å²) in [5.41, 5.74) is 2.32. The number of methoxy groups -OCH3 is 1. The van der Waals surface area contributed by atoms with Crippen LogP contribution in [0.4, 0.5) is 11.5 Å². The Morgan fingerprint density at radius 2 is 1.83 bits per heavy atom. The van der Waals surface area contributed by atoms with Crippen LogP contribution in [0.1, 0.15) is 12.6 Å². The van der Waals surface area contributed by atoms with Crippen LogP contribution in [0, 0.1) is 6.92 Å². The predicted molar refractivity (Wildman–Crippen MR) is 134 cm³/mol. The highest BCUT2D eigenvalue weighted by molar-refractivity contribution is 5.96. The SMILES string of the molecule is COc1cc(Nc2ncnc3cccc(O[C@H](C)C(=O)N(C)C)c23)ccc1Oc1ccc(C)nc1. The highest BCUT2D eigenvalue weighted by Crippen LogP contribution is 2.36. The fraction of sp³-hybridized carbons (Fsp3) is 0.231. The van der Waals surface area contributed by atoms with E-state index in [1.54, 1.807) is 46.5 Å². The van der Waals surface area contributed by atoms with Crippen molar-refractivity contribution in [3.8, 4) is 23.0 Å². The van der Waals surface area contributed by atoms with Crippen molar-refractivity contribution in [3.63, 3.8) is 0 Å². The van der Waals surface area contributed by atoms with Gasteiger partial charge in [-0.2, -0.15) is 0 Å². The van der Waals surface area contributed by atoms with E-state index in [-0.39, 0.29) is 5.91 Å². The largest absolute Gasteiger partial charge is 0.493 e. The highest BCUT2D eigenvalue weighted by atomic mass is 16.5. The van der Waals surface area contributed by atoms with Crippen molar-refractivity contribution in [1.82, 2.24) is 19.9 Å². The number of aryl methyl sites for hydroxylation is 1. The molecule has 0 aliphatic rings. The van der Waals surface area contributed by atoms with Gasteiger partial charge in [-0.15, -0.1) is 0 Å². The van der Waals surface area contributed by atoms with Gasteiger partial charge in [0.25, 0.3) is 5.91 Å². The molecule has 0 radical (unpaired) electrons. The minimum absolute atomic E-state index is 0.141. The quantitative estimate of drug-likeness (QED) is 0.392. The van der Waals surface area contributed by atoms with Crippen LogP contribution < -0.4 is 19.5 Å². The van der Waals surface area contributed by atoms with Gasteiger partial charge < -0.3 is 24.4 Å². The standard InChI is InChI=1S/C26H27N5O4/c1-16-9-11-19(14-27-16)35-21-12-10-18(13-23(21)33-5)30-25-24-20(28-15-29-25)7-6-8-22(24)34-17(2)26(32)31(3)4/h6-15,17H,1-5H3,(H,28,29,30)/t17-/m1/s1. The summed E-state index contributed by atoms with van der Waals surface area (Å²) in [6.45, 7) is 3.63. The number of carbonyl (C=O) groups excluding carboxylic acids is 1. The molecule has 4 aromatic rings. The van der Waals surface area contributed by atoms with Crippen LogP contribution in [0.5, 0.6) is 23.0 Å². The van der Waals surface area contributed by atoms with Crippen molar-refractivity contribution in [2.24, 2.45) is 0 Å². The molecule has 0 aliphatic carbocycles. The molecule has 180 valence electrons. The van der Waals surface area contributed by atoms with Crippen LogP contribution in [-0.4, -0.2) is 53.1 Å². The van der Waals surface area contributed by atoms with E-state index in [1.807, 2.05) is 43.3 Å². The number of ether oxygens (including phenoxy) is 3. The van der Waals surface area contributed by atoms with E-state index < -0.39 is 6.10 Å². The Hall–Kier alpha value is -4.40. The molecule has 0 unspecified atom stereocenters. The number of benzene rings is 2. The molecule has 1 N–H and O–H groups in total. The molecule has 0 aliphatic heterocycles. The molecule has 0 saturated carbocycles. The molecule has 35 heavy (non-hydrogen) atoms. The van der Waals surface area contributed by atoms with Gasteiger partial charge >= 0.3 is 0 Å². The summed E-state index contributed by atoms with van der Waals surface area (Å²) in [6, 6.07) is 14.7. The van der Waals surface area contributed by atoms with Gasteiger partial charge in [0, 0.05) is 31.5 Å². The van der Waals surface area contributed by atoms with Gasteiger partial charge in [-0.1, -0.05) is 6.07 Å². The normalized spacial score (nSPS) is 11.6. The Bertz CT molecular complexity index is 1340. The summed E-state index contributed by atoms with van der Waals surface area (Å²) in [6.07, 6.45) is 2.47. The number of amides is 1. The summed E-state index contributed by atoms with van der Waals surface area (Å²) in [5, 5.41) is 3.98. The van der Waals surface area contributed by atoms with E-state index in [9.17, 15) is 4.79 Å². The van der Waals surface area contributed by atoms with E-state index in [0.717, 1.165) is 11.4 Å². The Labute approximate surface area is 203 Å². The first kappa shape index (κ1) is 23.7. The summed E-state index contributed by atoms with van der Waals surface area (Å²) < 4.78 is 17.5. The third-order valence-corrected chi connectivity index (χ3v) is 5.26. The molecular formula is C26H27N5O4. The summed E-state index contributed by atoms with van der Waals surface area (Å²) in [7, 11) is 4.96. The van der Waals surface area contributed by atoms with Crippen molar-refractivity contribution in [3.05, 3.63) is 66.7 Å². The lowest BCUT2D eigenvalue weighted by Gasteiger charge is -2.20. The fourth-order valence-electron chi connectivity index (χ4n) is 3.48. The lowest BCUT2D eigenvalue weighted by atomic mass is 10.2. The van der Waals surface area contributed by atoms with E-state index in [1.165, 1.54) is 11.2 Å². The molecule has 9 nitrogen and oxygen atoms in total. The van der Waals surface area contributed by atoms with Crippen LogP contribution in [0.15, 0.2) is 61.1 Å². The Morgan fingerprint density at radius 3 is 2.54 bits per heavy atom. The molecule has 0 saturated heterocycles. The van der Waals surface area contributed by atoms with Crippen molar-refractivity contribution in [1.29, 1.82) is 0 Å². The summed E-state index contributed by atoms with van der Waals surface area (Å²) in [4.78, 5) is 26.9. The maximum Gasteiger partial charge on any atom is 0.262 e. The van der Waals surface area contributed by atoms with Gasteiger partial charge in [0.2, 0.25) is 0 Å². The number of nitrogens with one attached hydrogen (secondary N) is 1. The molecule has 1 amide bonds. The fourth-order valence-corrected chi connectivity index (χ4v) is 3.48. The summed E-state index contributed by atoms with van der Waals surface area (Å²) in [5.74, 6) is 2.60. The maximum atomic E-state index is 12.3. The van der Waals surface area contributed by atoms with Gasteiger partial charge in [0.1, 0.15) is 23.6 Å². The lowest BCUT2D eigenvalue weighted by Crippen LogP contribution is -2.35. The van der Waals surface area contributed by atoms with Crippen LogP contribution in [0.2, 0.25) is 0 Å². The molecule has 9 heteroatoms.